The van der Waals surface area contributed by atoms with Crippen molar-refractivity contribution in [3.63, 3.8) is 0 Å². The van der Waals surface area contributed by atoms with Gasteiger partial charge in [0.05, 0.1) is 0 Å². The molecule has 0 heterocycles. The lowest BCUT2D eigenvalue weighted by molar-refractivity contribution is 0.302. The van der Waals surface area contributed by atoms with E-state index in [1.807, 2.05) is 12.1 Å². The van der Waals surface area contributed by atoms with Gasteiger partial charge >= 0.3 is 0 Å². The van der Waals surface area contributed by atoms with Gasteiger partial charge in [0.2, 0.25) is 0 Å². The molecule has 2 nitrogen and oxygen atoms in total. The van der Waals surface area contributed by atoms with E-state index in [2.05, 4.69) is 24.1 Å². The zero-order valence-corrected chi connectivity index (χ0v) is 12.0. The number of hydrogen-bond donors (Lipinski definition) is 1. The molecular formula is C13H20Cl2N2. The van der Waals surface area contributed by atoms with Crippen LogP contribution < -0.4 is 5.32 Å². The van der Waals surface area contributed by atoms with Crippen molar-refractivity contribution in [3.05, 3.63) is 33.8 Å². The SMILES string of the molecule is CCN(CC)CCNCc1cc(Cl)cc(Cl)c1. The van der Waals surface area contributed by atoms with E-state index in [-0.39, 0.29) is 0 Å². The van der Waals surface area contributed by atoms with Gasteiger partial charge in [-0.15, -0.1) is 0 Å². The second-order valence-corrected chi connectivity index (χ2v) is 4.85. The Hall–Kier alpha value is -0.280. The summed E-state index contributed by atoms with van der Waals surface area (Å²) in [7, 11) is 0. The first-order valence-corrected chi connectivity index (χ1v) is 6.79. The van der Waals surface area contributed by atoms with Gasteiger partial charge in [-0.3, -0.25) is 0 Å². The lowest BCUT2D eigenvalue weighted by atomic mass is 10.2. The molecule has 0 bridgehead atoms. The lowest BCUT2D eigenvalue weighted by Gasteiger charge is -2.18. The van der Waals surface area contributed by atoms with Crippen LogP contribution in [-0.4, -0.2) is 31.1 Å². The van der Waals surface area contributed by atoms with E-state index in [1.165, 1.54) is 0 Å². The number of nitrogens with one attached hydrogen (secondary N) is 1. The summed E-state index contributed by atoms with van der Waals surface area (Å²) >= 11 is 11.9. The van der Waals surface area contributed by atoms with Gasteiger partial charge in [0.15, 0.2) is 0 Å². The molecule has 96 valence electrons. The van der Waals surface area contributed by atoms with E-state index >= 15 is 0 Å². The highest BCUT2D eigenvalue weighted by Crippen LogP contribution is 2.18. The lowest BCUT2D eigenvalue weighted by Crippen LogP contribution is -2.31. The van der Waals surface area contributed by atoms with Gasteiger partial charge in [0.25, 0.3) is 0 Å². The summed E-state index contributed by atoms with van der Waals surface area (Å²) in [5.74, 6) is 0. The van der Waals surface area contributed by atoms with Crippen molar-refractivity contribution in [1.82, 2.24) is 10.2 Å². The summed E-state index contributed by atoms with van der Waals surface area (Å²) in [5, 5.41) is 4.78. The molecule has 0 aliphatic heterocycles. The van der Waals surface area contributed by atoms with Crippen LogP contribution in [0.4, 0.5) is 0 Å². The van der Waals surface area contributed by atoms with Crippen LogP contribution in [0, 0.1) is 0 Å². The van der Waals surface area contributed by atoms with Gasteiger partial charge in [-0.1, -0.05) is 37.0 Å². The topological polar surface area (TPSA) is 15.3 Å². The van der Waals surface area contributed by atoms with Crippen LogP contribution in [0.3, 0.4) is 0 Å². The van der Waals surface area contributed by atoms with Crippen LogP contribution in [0.25, 0.3) is 0 Å². The average Bonchev–Trinajstić information content (AvgIpc) is 2.28. The maximum absolute atomic E-state index is 5.94. The molecule has 1 N–H and O–H groups in total. The molecule has 0 aliphatic carbocycles. The van der Waals surface area contributed by atoms with Crippen molar-refractivity contribution in [3.8, 4) is 0 Å². The van der Waals surface area contributed by atoms with Gasteiger partial charge in [-0.05, 0) is 36.9 Å². The molecule has 0 fully saturated rings. The van der Waals surface area contributed by atoms with Crippen molar-refractivity contribution >= 4 is 23.2 Å². The standard InChI is InChI=1S/C13H20Cl2N2/c1-3-17(4-2)6-5-16-10-11-7-12(14)9-13(15)8-11/h7-9,16H,3-6,10H2,1-2H3. The smallest absolute Gasteiger partial charge is 0.0424 e. The molecule has 0 amide bonds. The predicted molar refractivity (Wildman–Crippen MR) is 76.0 cm³/mol. The summed E-state index contributed by atoms with van der Waals surface area (Å²) in [6, 6.07) is 5.64. The molecule has 0 atom stereocenters. The Morgan fingerprint density at radius 3 is 2.18 bits per heavy atom. The number of hydrogen-bond acceptors (Lipinski definition) is 2. The quantitative estimate of drug-likeness (QED) is 0.767. The highest BCUT2D eigenvalue weighted by Gasteiger charge is 2.00. The molecule has 4 heteroatoms. The van der Waals surface area contributed by atoms with Crippen molar-refractivity contribution in [2.75, 3.05) is 26.2 Å². The minimum atomic E-state index is 0.693. The minimum absolute atomic E-state index is 0.693. The van der Waals surface area contributed by atoms with Gasteiger partial charge in [-0.25, -0.2) is 0 Å². The fourth-order valence-electron chi connectivity index (χ4n) is 1.72. The van der Waals surface area contributed by atoms with E-state index in [9.17, 15) is 0 Å². The Kier molecular flexibility index (Phi) is 6.90. The van der Waals surface area contributed by atoms with Crippen molar-refractivity contribution in [2.45, 2.75) is 20.4 Å². The third kappa shape index (κ3) is 5.73. The van der Waals surface area contributed by atoms with E-state index in [1.54, 1.807) is 6.07 Å². The summed E-state index contributed by atoms with van der Waals surface area (Å²) in [6.45, 7) is 9.41. The molecule has 0 radical (unpaired) electrons. The second-order valence-electron chi connectivity index (χ2n) is 3.98. The Balaban J connectivity index is 2.31. The zero-order valence-electron chi connectivity index (χ0n) is 10.5. The van der Waals surface area contributed by atoms with Crippen LogP contribution >= 0.6 is 23.2 Å². The maximum atomic E-state index is 5.94. The van der Waals surface area contributed by atoms with Crippen molar-refractivity contribution < 1.29 is 0 Å². The van der Waals surface area contributed by atoms with Crippen LogP contribution in [0.1, 0.15) is 19.4 Å². The largest absolute Gasteiger partial charge is 0.311 e. The van der Waals surface area contributed by atoms with Gasteiger partial charge in [0, 0.05) is 29.7 Å². The van der Waals surface area contributed by atoms with Crippen LogP contribution in [0.2, 0.25) is 10.0 Å². The average molecular weight is 275 g/mol. The van der Waals surface area contributed by atoms with Crippen LogP contribution in [0.15, 0.2) is 18.2 Å². The summed E-state index contributed by atoms with van der Waals surface area (Å²) in [6.07, 6.45) is 0. The van der Waals surface area contributed by atoms with E-state index in [0.717, 1.165) is 38.3 Å². The molecular weight excluding hydrogens is 255 g/mol. The molecule has 17 heavy (non-hydrogen) atoms. The predicted octanol–water partition coefficient (Wildman–Crippen LogP) is 3.42. The first-order chi connectivity index (χ1) is 8.15. The Bertz CT molecular complexity index is 318. The van der Waals surface area contributed by atoms with Gasteiger partial charge in [0.1, 0.15) is 0 Å². The molecule has 1 rings (SSSR count). The fourth-order valence-corrected chi connectivity index (χ4v) is 2.29. The Morgan fingerprint density at radius 2 is 1.65 bits per heavy atom. The van der Waals surface area contributed by atoms with Gasteiger partial charge in [-0.2, -0.15) is 0 Å². The fraction of sp³-hybridized carbons (Fsp3) is 0.538. The number of benzene rings is 1. The van der Waals surface area contributed by atoms with Crippen molar-refractivity contribution in [1.29, 1.82) is 0 Å². The number of nitrogens with zero attached hydrogens (tertiary/aromatic N) is 1. The summed E-state index contributed by atoms with van der Waals surface area (Å²) in [4.78, 5) is 2.39. The van der Waals surface area contributed by atoms with Crippen LogP contribution in [0.5, 0.6) is 0 Å². The van der Waals surface area contributed by atoms with E-state index in [4.69, 9.17) is 23.2 Å². The Labute approximate surface area is 114 Å². The number of halogens is 2. The van der Waals surface area contributed by atoms with Gasteiger partial charge < -0.3 is 10.2 Å². The third-order valence-corrected chi connectivity index (χ3v) is 3.19. The maximum Gasteiger partial charge on any atom is 0.0424 e. The molecule has 0 saturated heterocycles. The first kappa shape index (κ1) is 14.8. The summed E-state index contributed by atoms with van der Waals surface area (Å²) in [5.41, 5.74) is 1.13. The monoisotopic (exact) mass is 274 g/mol. The molecule has 0 spiro atoms. The van der Waals surface area contributed by atoms with E-state index < -0.39 is 0 Å². The molecule has 0 aliphatic rings. The van der Waals surface area contributed by atoms with E-state index in [0.29, 0.717) is 10.0 Å². The molecule has 0 unspecified atom stereocenters. The summed E-state index contributed by atoms with van der Waals surface area (Å²) < 4.78 is 0. The highest BCUT2D eigenvalue weighted by molar-refractivity contribution is 6.34. The molecule has 1 aromatic rings. The van der Waals surface area contributed by atoms with Crippen molar-refractivity contribution in [2.24, 2.45) is 0 Å². The molecule has 1 aromatic carbocycles. The normalized spacial score (nSPS) is 11.1. The zero-order chi connectivity index (χ0) is 12.7. The Morgan fingerprint density at radius 1 is 1.06 bits per heavy atom. The molecule has 0 saturated carbocycles. The second kappa shape index (κ2) is 7.93. The number of likely N-dealkylation sites (N-methyl/N-ethyl adjacent to an activating group) is 1. The number of rotatable bonds is 7. The first-order valence-electron chi connectivity index (χ1n) is 6.03. The van der Waals surface area contributed by atoms with Crippen LogP contribution in [-0.2, 0) is 6.54 Å². The molecule has 0 aromatic heterocycles. The highest BCUT2D eigenvalue weighted by atomic mass is 35.5. The third-order valence-electron chi connectivity index (χ3n) is 2.75. The minimum Gasteiger partial charge on any atom is -0.311 e.